The van der Waals surface area contributed by atoms with E-state index in [4.69, 9.17) is 20.7 Å². The van der Waals surface area contributed by atoms with Crippen molar-refractivity contribution in [3.63, 3.8) is 0 Å². The number of ether oxygens (including phenoxy) is 1. The molecule has 5 heteroatoms. The van der Waals surface area contributed by atoms with Crippen molar-refractivity contribution in [3.05, 3.63) is 0 Å². The normalized spacial score (nSPS) is 28.8. The third kappa shape index (κ3) is 4.82. The van der Waals surface area contributed by atoms with Gasteiger partial charge in [0.2, 0.25) is 0 Å². The molecule has 0 radical (unpaired) electrons. The Balaban J connectivity index is 2.49. The highest BCUT2D eigenvalue weighted by Crippen LogP contribution is 2.24. The van der Waals surface area contributed by atoms with Crippen LogP contribution in [-0.4, -0.2) is 66.7 Å². The molecule has 18 heavy (non-hydrogen) atoms. The average molecular weight is 260 g/mol. The molecule has 0 spiro atoms. The molecule has 1 rings (SSSR count). The highest BCUT2D eigenvalue weighted by atomic mass is 16.5. The monoisotopic (exact) mass is 260 g/mol. The molecule has 0 heterocycles. The van der Waals surface area contributed by atoms with E-state index in [2.05, 4.69) is 4.90 Å². The molecule has 1 saturated carbocycles. The van der Waals surface area contributed by atoms with Crippen molar-refractivity contribution in [3.8, 4) is 0 Å². The number of nitrogens with zero attached hydrogens (tertiary/aromatic N) is 1. The summed E-state index contributed by atoms with van der Waals surface area (Å²) in [6.07, 6.45) is 4.72. The third-order valence-electron chi connectivity index (χ3n) is 3.84. The van der Waals surface area contributed by atoms with Gasteiger partial charge in [-0.3, -0.25) is 0 Å². The Kier molecular flexibility index (Phi) is 7.77. The van der Waals surface area contributed by atoms with Crippen molar-refractivity contribution in [2.45, 2.75) is 50.3 Å². The molecule has 3 unspecified atom stereocenters. The SMILES string of the molecule is COC1CC(N(CCCO)CCCO)CCC1N. The number of methoxy groups -OCH3 is 1. The number of aliphatic hydroxyl groups is 2. The first-order chi connectivity index (χ1) is 8.72. The maximum Gasteiger partial charge on any atom is 0.0737 e. The lowest BCUT2D eigenvalue weighted by molar-refractivity contribution is 0.0119. The summed E-state index contributed by atoms with van der Waals surface area (Å²) >= 11 is 0. The largest absolute Gasteiger partial charge is 0.396 e. The second-order valence-electron chi connectivity index (χ2n) is 5.10. The van der Waals surface area contributed by atoms with E-state index in [0.717, 1.165) is 45.2 Å². The summed E-state index contributed by atoms with van der Waals surface area (Å²) in [5.74, 6) is 0. The predicted molar refractivity (Wildman–Crippen MR) is 71.4 cm³/mol. The van der Waals surface area contributed by atoms with Crippen LogP contribution in [0.2, 0.25) is 0 Å². The van der Waals surface area contributed by atoms with E-state index in [-0.39, 0.29) is 25.4 Å². The Hall–Kier alpha value is -0.200. The summed E-state index contributed by atoms with van der Waals surface area (Å²) in [5.41, 5.74) is 6.03. The van der Waals surface area contributed by atoms with E-state index in [1.807, 2.05) is 0 Å². The molecule has 1 fully saturated rings. The Morgan fingerprint density at radius 2 is 1.78 bits per heavy atom. The van der Waals surface area contributed by atoms with Crippen LogP contribution < -0.4 is 5.73 Å². The first-order valence-electron chi connectivity index (χ1n) is 6.97. The van der Waals surface area contributed by atoms with E-state index < -0.39 is 0 Å². The van der Waals surface area contributed by atoms with Crippen molar-refractivity contribution in [1.29, 1.82) is 0 Å². The standard InChI is InChI=1S/C13H28N2O3/c1-18-13-10-11(4-5-12(13)14)15(6-2-8-16)7-3-9-17/h11-13,16-17H,2-10,14H2,1H3. The smallest absolute Gasteiger partial charge is 0.0737 e. The van der Waals surface area contributed by atoms with Crippen molar-refractivity contribution >= 4 is 0 Å². The van der Waals surface area contributed by atoms with E-state index in [1.165, 1.54) is 0 Å². The van der Waals surface area contributed by atoms with Gasteiger partial charge in [-0.2, -0.15) is 0 Å². The lowest BCUT2D eigenvalue weighted by atomic mass is 9.88. The molecule has 1 aliphatic rings. The molecule has 0 saturated heterocycles. The molecule has 1 aliphatic carbocycles. The Labute approximate surface area is 110 Å². The van der Waals surface area contributed by atoms with E-state index in [1.54, 1.807) is 7.11 Å². The van der Waals surface area contributed by atoms with Crippen LogP contribution in [0, 0.1) is 0 Å². The Bertz CT molecular complexity index is 206. The molecule has 0 aromatic rings. The van der Waals surface area contributed by atoms with Gasteiger partial charge in [0.15, 0.2) is 0 Å². The fraction of sp³-hybridized carbons (Fsp3) is 1.00. The quantitative estimate of drug-likeness (QED) is 0.570. The summed E-state index contributed by atoms with van der Waals surface area (Å²) in [6.45, 7) is 2.20. The zero-order valence-corrected chi connectivity index (χ0v) is 11.4. The molecule has 0 aliphatic heterocycles. The minimum Gasteiger partial charge on any atom is -0.396 e. The van der Waals surface area contributed by atoms with Gasteiger partial charge in [0, 0.05) is 45.5 Å². The number of hydrogen-bond acceptors (Lipinski definition) is 5. The Morgan fingerprint density at radius 1 is 1.17 bits per heavy atom. The highest BCUT2D eigenvalue weighted by Gasteiger charge is 2.31. The van der Waals surface area contributed by atoms with Crippen LogP contribution in [0.25, 0.3) is 0 Å². The predicted octanol–water partition coefficient (Wildman–Crippen LogP) is -0.0520. The molecule has 0 bridgehead atoms. The summed E-state index contributed by atoms with van der Waals surface area (Å²) in [6, 6.07) is 0.608. The minimum absolute atomic E-state index is 0.134. The van der Waals surface area contributed by atoms with Crippen molar-refractivity contribution in [1.82, 2.24) is 4.90 Å². The van der Waals surface area contributed by atoms with Crippen LogP contribution in [0.1, 0.15) is 32.1 Å². The fourth-order valence-corrected chi connectivity index (χ4v) is 2.76. The molecule has 108 valence electrons. The molecule has 5 nitrogen and oxygen atoms in total. The molecular weight excluding hydrogens is 232 g/mol. The van der Waals surface area contributed by atoms with Crippen LogP contribution >= 0.6 is 0 Å². The summed E-state index contributed by atoms with van der Waals surface area (Å²) in [7, 11) is 1.72. The first kappa shape index (κ1) is 15.9. The maximum absolute atomic E-state index is 8.96. The summed E-state index contributed by atoms with van der Waals surface area (Å²) < 4.78 is 5.44. The van der Waals surface area contributed by atoms with Gasteiger partial charge in [-0.1, -0.05) is 0 Å². The van der Waals surface area contributed by atoms with E-state index in [0.29, 0.717) is 6.04 Å². The summed E-state index contributed by atoms with van der Waals surface area (Å²) in [4.78, 5) is 2.37. The fourth-order valence-electron chi connectivity index (χ4n) is 2.76. The van der Waals surface area contributed by atoms with Gasteiger partial charge in [-0.15, -0.1) is 0 Å². The molecule has 0 aromatic heterocycles. The van der Waals surface area contributed by atoms with Crippen molar-refractivity contribution in [2.75, 3.05) is 33.4 Å². The van der Waals surface area contributed by atoms with Gasteiger partial charge < -0.3 is 25.6 Å². The topological polar surface area (TPSA) is 79.0 Å². The van der Waals surface area contributed by atoms with E-state index >= 15 is 0 Å². The van der Waals surface area contributed by atoms with E-state index in [9.17, 15) is 0 Å². The highest BCUT2D eigenvalue weighted by molar-refractivity contribution is 4.88. The van der Waals surface area contributed by atoms with Crippen LogP contribution in [0.5, 0.6) is 0 Å². The number of rotatable bonds is 8. The second-order valence-corrected chi connectivity index (χ2v) is 5.10. The zero-order chi connectivity index (χ0) is 13.4. The van der Waals surface area contributed by atoms with Gasteiger partial charge >= 0.3 is 0 Å². The lowest BCUT2D eigenvalue weighted by Crippen LogP contribution is -2.49. The van der Waals surface area contributed by atoms with Gasteiger partial charge in [0.05, 0.1) is 6.10 Å². The number of nitrogens with two attached hydrogens (primary N) is 1. The summed E-state index contributed by atoms with van der Waals surface area (Å²) in [5, 5.41) is 17.9. The maximum atomic E-state index is 8.96. The lowest BCUT2D eigenvalue weighted by Gasteiger charge is -2.39. The molecule has 3 atom stereocenters. The van der Waals surface area contributed by atoms with Gasteiger partial charge in [0.25, 0.3) is 0 Å². The minimum atomic E-state index is 0.134. The van der Waals surface area contributed by atoms with Crippen LogP contribution in [0.15, 0.2) is 0 Å². The molecule has 0 amide bonds. The van der Waals surface area contributed by atoms with Gasteiger partial charge in [-0.05, 0) is 32.1 Å². The Morgan fingerprint density at radius 3 is 2.28 bits per heavy atom. The molecule has 0 aromatic carbocycles. The third-order valence-corrected chi connectivity index (χ3v) is 3.84. The van der Waals surface area contributed by atoms with Crippen molar-refractivity contribution < 1.29 is 14.9 Å². The zero-order valence-electron chi connectivity index (χ0n) is 11.4. The van der Waals surface area contributed by atoms with Crippen LogP contribution in [-0.2, 0) is 4.74 Å². The van der Waals surface area contributed by atoms with Crippen LogP contribution in [0.4, 0.5) is 0 Å². The number of aliphatic hydroxyl groups excluding tert-OH is 2. The molecular formula is C13H28N2O3. The van der Waals surface area contributed by atoms with Gasteiger partial charge in [-0.25, -0.2) is 0 Å². The molecule has 4 N–H and O–H groups in total. The first-order valence-corrected chi connectivity index (χ1v) is 6.97. The number of hydrogen-bond donors (Lipinski definition) is 3. The van der Waals surface area contributed by atoms with Gasteiger partial charge in [0.1, 0.15) is 0 Å². The second kappa shape index (κ2) is 8.82. The van der Waals surface area contributed by atoms with Crippen LogP contribution in [0.3, 0.4) is 0 Å². The average Bonchev–Trinajstić information content (AvgIpc) is 2.40. The van der Waals surface area contributed by atoms with Crippen molar-refractivity contribution in [2.24, 2.45) is 5.73 Å².